The van der Waals surface area contributed by atoms with Crippen molar-refractivity contribution in [2.45, 2.75) is 26.4 Å². The van der Waals surface area contributed by atoms with Crippen molar-refractivity contribution in [3.8, 4) is 5.82 Å². The third kappa shape index (κ3) is 2.44. The molecule has 0 atom stereocenters. The van der Waals surface area contributed by atoms with E-state index in [2.05, 4.69) is 15.1 Å². The number of rotatable bonds is 2. The van der Waals surface area contributed by atoms with Crippen molar-refractivity contribution < 1.29 is 4.39 Å². The molecule has 0 amide bonds. The normalized spacial score (nSPS) is 11.8. The molecule has 2 heterocycles. The molecule has 2 rings (SSSR count). The number of hydrogen-bond acceptors (Lipinski definition) is 3. The van der Waals surface area contributed by atoms with Gasteiger partial charge in [-0.25, -0.2) is 14.1 Å². The second-order valence-electron chi connectivity index (χ2n) is 4.26. The molecule has 4 nitrogen and oxygen atoms in total. The number of hydrogen-bond donors (Lipinski definition) is 0. The van der Waals surface area contributed by atoms with Gasteiger partial charge in [0, 0.05) is 18.0 Å². The van der Waals surface area contributed by atoms with Crippen LogP contribution in [0.15, 0.2) is 18.5 Å². The van der Waals surface area contributed by atoms with E-state index in [1.807, 2.05) is 6.92 Å². The van der Waals surface area contributed by atoms with E-state index in [1.165, 1.54) is 18.5 Å². The lowest BCUT2D eigenvalue weighted by Crippen LogP contribution is -2.11. The van der Waals surface area contributed by atoms with Gasteiger partial charge in [0.25, 0.3) is 0 Å². The summed E-state index contributed by atoms with van der Waals surface area (Å²) in [6, 6.07) is 1.62. The lowest BCUT2D eigenvalue weighted by Gasteiger charge is -2.10. The Morgan fingerprint density at radius 3 is 2.71 bits per heavy atom. The molecule has 0 bridgehead atoms. The highest BCUT2D eigenvalue weighted by molar-refractivity contribution is 6.28. The third-order valence-electron chi connectivity index (χ3n) is 2.33. The highest BCUT2D eigenvalue weighted by Crippen LogP contribution is 2.23. The summed E-state index contributed by atoms with van der Waals surface area (Å²) in [4.78, 5) is 7.93. The number of aryl methyl sites for hydroxylation is 1. The van der Waals surface area contributed by atoms with E-state index in [0.717, 1.165) is 5.56 Å². The van der Waals surface area contributed by atoms with E-state index in [1.54, 1.807) is 18.5 Å². The average molecular weight is 255 g/mol. The summed E-state index contributed by atoms with van der Waals surface area (Å²) in [7, 11) is 0. The lowest BCUT2D eigenvalue weighted by atomic mass is 10.1. The average Bonchev–Trinajstić information content (AvgIpc) is 2.70. The molecule has 0 aliphatic carbocycles. The number of nitrogens with zero attached hydrogens (tertiary/aromatic N) is 4. The maximum absolute atomic E-state index is 13.7. The van der Waals surface area contributed by atoms with Crippen LogP contribution in [-0.4, -0.2) is 19.7 Å². The van der Waals surface area contributed by atoms with Gasteiger partial charge >= 0.3 is 0 Å². The first-order valence-electron chi connectivity index (χ1n) is 5.12. The minimum Gasteiger partial charge on any atom is -0.238 e. The molecular formula is C11H12ClFN4. The van der Waals surface area contributed by atoms with Gasteiger partial charge in [0.05, 0.1) is 5.69 Å². The largest absolute Gasteiger partial charge is 0.238 e. The molecule has 0 saturated heterocycles. The lowest BCUT2D eigenvalue weighted by molar-refractivity contribution is 0.213. The first-order chi connectivity index (χ1) is 7.88. The molecule has 90 valence electrons. The van der Waals surface area contributed by atoms with E-state index >= 15 is 0 Å². The Morgan fingerprint density at radius 1 is 1.41 bits per heavy atom. The molecule has 2 aromatic rings. The molecule has 6 heteroatoms. The van der Waals surface area contributed by atoms with Gasteiger partial charge in [-0.2, -0.15) is 10.1 Å². The molecule has 17 heavy (non-hydrogen) atoms. The highest BCUT2D eigenvalue weighted by atomic mass is 35.5. The molecule has 0 aliphatic rings. The van der Waals surface area contributed by atoms with Crippen LogP contribution in [0.25, 0.3) is 5.82 Å². The Balaban J connectivity index is 2.47. The van der Waals surface area contributed by atoms with Gasteiger partial charge in [-0.3, -0.25) is 0 Å². The maximum atomic E-state index is 13.7. The zero-order valence-electron chi connectivity index (χ0n) is 9.78. The summed E-state index contributed by atoms with van der Waals surface area (Å²) in [5.74, 6) is 0.556. The Kier molecular flexibility index (Phi) is 2.87. The Morgan fingerprint density at radius 2 is 2.12 bits per heavy atom. The van der Waals surface area contributed by atoms with Crippen LogP contribution < -0.4 is 0 Å². The second-order valence-corrected chi connectivity index (χ2v) is 4.60. The first kappa shape index (κ1) is 12.0. The Bertz CT molecular complexity index is 545. The number of aromatic nitrogens is 4. The van der Waals surface area contributed by atoms with Gasteiger partial charge in [0.1, 0.15) is 5.67 Å². The molecule has 0 N–H and O–H groups in total. The van der Waals surface area contributed by atoms with Crippen LogP contribution in [0.5, 0.6) is 0 Å². The molecular weight excluding hydrogens is 243 g/mol. The van der Waals surface area contributed by atoms with Crippen LogP contribution in [0.1, 0.15) is 25.1 Å². The van der Waals surface area contributed by atoms with Crippen LogP contribution in [0.3, 0.4) is 0 Å². The van der Waals surface area contributed by atoms with E-state index in [-0.39, 0.29) is 5.28 Å². The second kappa shape index (κ2) is 4.07. The van der Waals surface area contributed by atoms with Crippen molar-refractivity contribution in [2.75, 3.05) is 0 Å². The minimum atomic E-state index is -1.48. The molecule has 0 fully saturated rings. The van der Waals surface area contributed by atoms with Crippen LogP contribution in [0, 0.1) is 6.92 Å². The molecule has 2 aromatic heterocycles. The predicted octanol–water partition coefficient (Wildman–Crippen LogP) is 2.83. The van der Waals surface area contributed by atoms with Crippen LogP contribution in [0.2, 0.25) is 5.28 Å². The fourth-order valence-corrected chi connectivity index (χ4v) is 1.53. The van der Waals surface area contributed by atoms with Gasteiger partial charge < -0.3 is 0 Å². The third-order valence-corrected chi connectivity index (χ3v) is 2.51. The fraction of sp³-hybridized carbons (Fsp3) is 0.364. The van der Waals surface area contributed by atoms with Crippen molar-refractivity contribution in [3.63, 3.8) is 0 Å². The molecule has 0 unspecified atom stereocenters. The van der Waals surface area contributed by atoms with Crippen molar-refractivity contribution in [2.24, 2.45) is 0 Å². The minimum absolute atomic E-state index is 0.141. The summed E-state index contributed by atoms with van der Waals surface area (Å²) < 4.78 is 15.2. The monoisotopic (exact) mass is 254 g/mol. The molecule has 0 spiro atoms. The predicted molar refractivity (Wildman–Crippen MR) is 63.0 cm³/mol. The fourth-order valence-electron chi connectivity index (χ4n) is 1.40. The number of halogens is 2. The van der Waals surface area contributed by atoms with E-state index in [0.29, 0.717) is 11.5 Å². The van der Waals surface area contributed by atoms with E-state index in [9.17, 15) is 4.39 Å². The zero-order valence-corrected chi connectivity index (χ0v) is 10.5. The van der Waals surface area contributed by atoms with Gasteiger partial charge in [-0.15, -0.1) is 0 Å². The summed E-state index contributed by atoms with van der Waals surface area (Å²) in [6.45, 7) is 4.76. The molecule has 0 aliphatic heterocycles. The van der Waals surface area contributed by atoms with Crippen LogP contribution in [-0.2, 0) is 5.67 Å². The van der Waals surface area contributed by atoms with Gasteiger partial charge in [-0.1, -0.05) is 0 Å². The van der Waals surface area contributed by atoms with Gasteiger partial charge in [0.15, 0.2) is 5.82 Å². The van der Waals surface area contributed by atoms with Crippen molar-refractivity contribution in [3.05, 3.63) is 35.0 Å². The zero-order chi connectivity index (χ0) is 12.6. The van der Waals surface area contributed by atoms with Gasteiger partial charge in [0.2, 0.25) is 5.28 Å². The quantitative estimate of drug-likeness (QED) is 0.774. The standard InChI is InChI=1S/C11H12ClFN4/c1-7-6-14-10(12)15-9(7)17-5-4-8(16-17)11(2,3)13/h4-6H,1-3H3. The molecule has 0 radical (unpaired) electrons. The SMILES string of the molecule is Cc1cnc(Cl)nc1-n1ccc(C(C)(C)F)n1. The topological polar surface area (TPSA) is 43.6 Å². The summed E-state index contributed by atoms with van der Waals surface area (Å²) >= 11 is 5.73. The summed E-state index contributed by atoms with van der Waals surface area (Å²) in [5, 5.41) is 4.29. The first-order valence-corrected chi connectivity index (χ1v) is 5.50. The van der Waals surface area contributed by atoms with Crippen molar-refractivity contribution >= 4 is 11.6 Å². The van der Waals surface area contributed by atoms with Crippen molar-refractivity contribution in [1.29, 1.82) is 0 Å². The number of alkyl halides is 1. The smallest absolute Gasteiger partial charge is 0.224 e. The van der Waals surface area contributed by atoms with Crippen LogP contribution >= 0.6 is 11.6 Å². The summed E-state index contributed by atoms with van der Waals surface area (Å²) in [6.07, 6.45) is 3.26. The molecule has 0 saturated carbocycles. The van der Waals surface area contributed by atoms with Gasteiger partial charge in [-0.05, 0) is 38.4 Å². The highest BCUT2D eigenvalue weighted by Gasteiger charge is 2.22. The van der Waals surface area contributed by atoms with E-state index in [4.69, 9.17) is 11.6 Å². The maximum Gasteiger partial charge on any atom is 0.224 e. The Labute approximate surface area is 103 Å². The van der Waals surface area contributed by atoms with Crippen molar-refractivity contribution in [1.82, 2.24) is 19.7 Å². The Hall–Kier alpha value is -1.49. The summed E-state index contributed by atoms with van der Waals surface area (Å²) in [5.41, 5.74) is -0.303. The molecule has 0 aromatic carbocycles. The van der Waals surface area contributed by atoms with Crippen LogP contribution in [0.4, 0.5) is 4.39 Å². The van der Waals surface area contributed by atoms with E-state index < -0.39 is 5.67 Å².